The van der Waals surface area contributed by atoms with Gasteiger partial charge in [0.15, 0.2) is 0 Å². The third-order valence-corrected chi connectivity index (χ3v) is 14.4. The summed E-state index contributed by atoms with van der Waals surface area (Å²) in [5.74, 6) is 0. The molecule has 62 heavy (non-hydrogen) atoms. The zero-order chi connectivity index (χ0) is 40.8. The first-order chi connectivity index (χ1) is 30.8. The van der Waals surface area contributed by atoms with Gasteiger partial charge in [0, 0.05) is 54.0 Å². The highest BCUT2D eigenvalue weighted by atomic mass is 32.1. The lowest BCUT2D eigenvalue weighted by Crippen LogP contribution is -2.26. The maximum absolute atomic E-state index is 2.54. The summed E-state index contributed by atoms with van der Waals surface area (Å²) >= 11 is 1.87. The molecule has 1 atom stereocenters. The van der Waals surface area contributed by atoms with E-state index < -0.39 is 5.41 Å². The first kappa shape index (κ1) is 35.1. The highest BCUT2D eigenvalue weighted by Crippen LogP contribution is 2.65. The Morgan fingerprint density at radius 1 is 0.290 bits per heavy atom. The van der Waals surface area contributed by atoms with E-state index in [4.69, 9.17) is 0 Å². The van der Waals surface area contributed by atoms with Crippen LogP contribution in [0, 0.1) is 0 Å². The van der Waals surface area contributed by atoms with Crippen LogP contribution in [0.25, 0.3) is 53.2 Å². The van der Waals surface area contributed by atoms with Crippen molar-refractivity contribution in [1.29, 1.82) is 0 Å². The maximum Gasteiger partial charge on any atom is 0.0726 e. The van der Waals surface area contributed by atoms with E-state index in [2.05, 4.69) is 240 Å². The van der Waals surface area contributed by atoms with Crippen LogP contribution in [0.5, 0.6) is 0 Å². The monoisotopic (exact) mass is 806 g/mol. The molecule has 3 heteroatoms. The normalized spacial score (nSPS) is 14.5. The van der Waals surface area contributed by atoms with E-state index in [1.54, 1.807) is 0 Å². The van der Waals surface area contributed by atoms with Crippen LogP contribution in [0.2, 0.25) is 0 Å². The van der Waals surface area contributed by atoms with E-state index in [0.29, 0.717) is 0 Å². The van der Waals surface area contributed by atoms with Crippen LogP contribution >= 0.6 is 11.3 Å². The summed E-state index contributed by atoms with van der Waals surface area (Å²) in [4.78, 5) is 4.87. The molecular weight excluding hydrogens is 769 g/mol. The van der Waals surface area contributed by atoms with Gasteiger partial charge in [0.05, 0.1) is 11.1 Å². The molecule has 0 N–H and O–H groups in total. The first-order valence-electron chi connectivity index (χ1n) is 21.3. The summed E-state index contributed by atoms with van der Waals surface area (Å²) in [7, 11) is 0. The number of anilines is 6. The van der Waals surface area contributed by atoms with Gasteiger partial charge in [-0.15, -0.1) is 11.3 Å². The quantitative estimate of drug-likeness (QED) is 0.165. The third kappa shape index (κ3) is 4.97. The molecular formula is C59H38N2S. The van der Waals surface area contributed by atoms with E-state index >= 15 is 0 Å². The minimum absolute atomic E-state index is 0.544. The van der Waals surface area contributed by atoms with Crippen LogP contribution in [0.3, 0.4) is 0 Å². The van der Waals surface area contributed by atoms with Gasteiger partial charge in [-0.25, -0.2) is 0 Å². The van der Waals surface area contributed by atoms with Crippen molar-refractivity contribution in [2.45, 2.75) is 5.41 Å². The fraction of sp³-hybridized carbons (Fsp3) is 0.0169. The Morgan fingerprint density at radius 3 is 1.50 bits per heavy atom. The number of nitrogens with zero attached hydrogens (tertiary/aromatic N) is 2. The Labute approximate surface area is 364 Å². The van der Waals surface area contributed by atoms with Crippen molar-refractivity contribution in [3.63, 3.8) is 0 Å². The summed E-state index contributed by atoms with van der Waals surface area (Å²) in [5.41, 5.74) is 16.7. The van der Waals surface area contributed by atoms with Crippen LogP contribution in [0.15, 0.2) is 231 Å². The Kier molecular flexibility index (Phi) is 7.72. The Bertz CT molecular complexity index is 3500. The molecule has 0 saturated heterocycles. The van der Waals surface area contributed by atoms with Gasteiger partial charge < -0.3 is 9.80 Å². The average Bonchev–Trinajstić information content (AvgIpc) is 3.96. The van der Waals surface area contributed by atoms with Gasteiger partial charge in [0.25, 0.3) is 0 Å². The molecule has 0 radical (unpaired) electrons. The lowest BCUT2D eigenvalue weighted by molar-refractivity contribution is 0.794. The molecule has 2 aliphatic carbocycles. The average molecular weight is 807 g/mol. The number of hydrogen-bond donors (Lipinski definition) is 0. The molecule has 1 spiro atoms. The van der Waals surface area contributed by atoms with Gasteiger partial charge in [-0.2, -0.15) is 0 Å². The second-order valence-electron chi connectivity index (χ2n) is 16.4. The topological polar surface area (TPSA) is 6.48 Å². The fourth-order valence-electron chi connectivity index (χ4n) is 10.8. The highest BCUT2D eigenvalue weighted by Gasteiger charge is 2.52. The maximum atomic E-state index is 2.54. The van der Waals surface area contributed by atoms with Crippen molar-refractivity contribution in [2.24, 2.45) is 0 Å². The largest absolute Gasteiger partial charge is 0.310 e. The second-order valence-corrected chi connectivity index (χ2v) is 17.5. The molecule has 2 nitrogen and oxygen atoms in total. The predicted molar refractivity (Wildman–Crippen MR) is 263 cm³/mol. The molecule has 11 aromatic rings. The summed E-state index contributed by atoms with van der Waals surface area (Å²) in [5, 5.41) is 5.09. The molecule has 0 bridgehead atoms. The van der Waals surface area contributed by atoms with E-state index in [1.807, 2.05) is 11.3 Å². The third-order valence-electron chi connectivity index (χ3n) is 13.2. The zero-order valence-electron chi connectivity index (χ0n) is 33.7. The summed E-state index contributed by atoms with van der Waals surface area (Å²) in [6.07, 6.45) is 0. The molecule has 2 aliphatic rings. The van der Waals surface area contributed by atoms with E-state index in [-0.39, 0.29) is 0 Å². The smallest absolute Gasteiger partial charge is 0.0726 e. The lowest BCUT2D eigenvalue weighted by Gasteiger charge is -2.33. The van der Waals surface area contributed by atoms with Crippen molar-refractivity contribution in [1.82, 2.24) is 0 Å². The zero-order valence-corrected chi connectivity index (χ0v) is 34.6. The number of benzene rings is 10. The summed E-state index contributed by atoms with van der Waals surface area (Å²) < 4.78 is 2.60. The molecule has 1 unspecified atom stereocenters. The molecule has 10 aromatic carbocycles. The van der Waals surface area contributed by atoms with Gasteiger partial charge in [-0.1, -0.05) is 158 Å². The SMILES string of the molecule is c1ccc(N(c2ccccc2)c2ccc3c(c2)-c2ccccc2C32c3ccccc3-c3c2cc(N(c2ccccc2)c2ccc4c(c2)sc2ccccc24)c2ccccc32)cc1. The van der Waals surface area contributed by atoms with Gasteiger partial charge in [0.1, 0.15) is 0 Å². The standard InChI is InChI=1S/C59H38N2S/c1-4-18-39(19-5-1)60(40-20-6-2-7-21-40)42-33-35-53-50(36-42)44-24-12-15-29-51(44)59(53)52-30-16-13-28-49(52)58-48-27-11-10-25-45(48)55(38-54(58)59)61(41-22-8-3-9-23-41)43-32-34-47-46-26-14-17-31-56(46)62-57(47)37-43/h1-38H. The number of hydrogen-bond acceptors (Lipinski definition) is 3. The van der Waals surface area contributed by atoms with Crippen molar-refractivity contribution < 1.29 is 0 Å². The number of thiophene rings is 1. The molecule has 0 aliphatic heterocycles. The second kappa shape index (κ2) is 13.7. The van der Waals surface area contributed by atoms with Crippen LogP contribution < -0.4 is 9.80 Å². The summed E-state index contributed by atoms with van der Waals surface area (Å²) in [6.45, 7) is 0. The predicted octanol–water partition coefficient (Wildman–Crippen LogP) is 16.5. The number of fused-ring (bicyclic) bond motifs is 15. The van der Waals surface area contributed by atoms with Crippen LogP contribution in [-0.2, 0) is 5.41 Å². The number of rotatable bonds is 6. The molecule has 0 amide bonds. The molecule has 290 valence electrons. The molecule has 1 aromatic heterocycles. The minimum atomic E-state index is -0.544. The van der Waals surface area contributed by atoms with E-state index in [0.717, 1.165) is 28.4 Å². The molecule has 0 saturated carbocycles. The van der Waals surface area contributed by atoms with Crippen molar-refractivity contribution in [2.75, 3.05) is 9.80 Å². The van der Waals surface area contributed by atoms with Gasteiger partial charge in [-0.05, 0) is 123 Å². The Balaban J connectivity index is 1.10. The lowest BCUT2D eigenvalue weighted by atomic mass is 9.70. The van der Waals surface area contributed by atoms with Crippen LogP contribution in [-0.4, -0.2) is 0 Å². The van der Waals surface area contributed by atoms with Gasteiger partial charge in [0.2, 0.25) is 0 Å². The highest BCUT2D eigenvalue weighted by molar-refractivity contribution is 7.25. The van der Waals surface area contributed by atoms with Crippen molar-refractivity contribution in [3.05, 3.63) is 253 Å². The minimum Gasteiger partial charge on any atom is -0.310 e. The molecule has 13 rings (SSSR count). The first-order valence-corrected chi connectivity index (χ1v) is 22.2. The van der Waals surface area contributed by atoms with Crippen molar-refractivity contribution in [3.8, 4) is 22.3 Å². The van der Waals surface area contributed by atoms with Crippen LogP contribution in [0.4, 0.5) is 34.1 Å². The van der Waals surface area contributed by atoms with Crippen LogP contribution in [0.1, 0.15) is 22.3 Å². The van der Waals surface area contributed by atoms with E-state index in [9.17, 15) is 0 Å². The van der Waals surface area contributed by atoms with Gasteiger partial charge in [-0.3, -0.25) is 0 Å². The van der Waals surface area contributed by atoms with Gasteiger partial charge >= 0.3 is 0 Å². The Morgan fingerprint density at radius 2 is 0.790 bits per heavy atom. The summed E-state index contributed by atoms with van der Waals surface area (Å²) in [6, 6.07) is 85.3. The van der Waals surface area contributed by atoms with Crippen molar-refractivity contribution >= 4 is 76.4 Å². The molecule has 1 heterocycles. The Hall–Kier alpha value is -7.72. The molecule has 0 fully saturated rings. The number of para-hydroxylation sites is 3. The fourth-order valence-corrected chi connectivity index (χ4v) is 11.9. The van der Waals surface area contributed by atoms with E-state index in [1.165, 1.54) is 81.1 Å².